The molecule has 0 aromatic carbocycles. The first kappa shape index (κ1) is 12.0. The van der Waals surface area contributed by atoms with Crippen LogP contribution >= 0.6 is 27.3 Å². The van der Waals surface area contributed by atoms with Gasteiger partial charge in [-0.1, -0.05) is 0 Å². The third-order valence-corrected chi connectivity index (χ3v) is 3.84. The van der Waals surface area contributed by atoms with Gasteiger partial charge in [0.25, 0.3) is 0 Å². The fourth-order valence-corrected chi connectivity index (χ4v) is 2.94. The van der Waals surface area contributed by atoms with E-state index < -0.39 is 0 Å². The average molecular weight is 309 g/mol. The van der Waals surface area contributed by atoms with E-state index in [1.54, 1.807) is 17.5 Å². The Hall–Kier alpha value is -1.45. The minimum absolute atomic E-state index is 0.352. The standard InChI is InChI=1S/C11H9BrN4S/c1-16(6-9-4-8(12)7-17-9)11-10(5-13)14-2-3-15-11/h2-4,7H,6H2,1H3. The van der Waals surface area contributed by atoms with E-state index in [0.717, 1.165) is 4.47 Å². The molecule has 0 bridgehead atoms. The zero-order chi connectivity index (χ0) is 12.3. The second-order valence-electron chi connectivity index (χ2n) is 3.43. The van der Waals surface area contributed by atoms with Gasteiger partial charge in [-0.25, -0.2) is 9.97 Å². The fourth-order valence-electron chi connectivity index (χ4n) is 1.43. The Morgan fingerprint density at radius 2 is 2.24 bits per heavy atom. The summed E-state index contributed by atoms with van der Waals surface area (Å²) >= 11 is 5.08. The van der Waals surface area contributed by atoms with Crippen LogP contribution in [-0.4, -0.2) is 17.0 Å². The maximum atomic E-state index is 8.95. The SMILES string of the molecule is CN(Cc1cc(Br)cs1)c1nccnc1C#N. The maximum Gasteiger partial charge on any atom is 0.183 e. The van der Waals surface area contributed by atoms with Crippen molar-refractivity contribution in [3.63, 3.8) is 0 Å². The summed E-state index contributed by atoms with van der Waals surface area (Å²) in [7, 11) is 1.90. The van der Waals surface area contributed by atoms with Crippen LogP contribution in [0.3, 0.4) is 0 Å². The Bertz CT molecular complexity index is 561. The molecule has 0 radical (unpaired) electrons. The molecule has 0 aliphatic carbocycles. The zero-order valence-electron chi connectivity index (χ0n) is 9.09. The van der Waals surface area contributed by atoms with Gasteiger partial charge in [-0.3, -0.25) is 0 Å². The van der Waals surface area contributed by atoms with Gasteiger partial charge in [0.1, 0.15) is 6.07 Å². The van der Waals surface area contributed by atoms with Crippen LogP contribution in [-0.2, 0) is 6.54 Å². The highest BCUT2D eigenvalue weighted by atomic mass is 79.9. The maximum absolute atomic E-state index is 8.95. The molecule has 0 aliphatic heterocycles. The van der Waals surface area contributed by atoms with Crippen molar-refractivity contribution in [2.45, 2.75) is 6.54 Å². The van der Waals surface area contributed by atoms with Crippen molar-refractivity contribution in [1.82, 2.24) is 9.97 Å². The number of anilines is 1. The number of rotatable bonds is 3. The summed E-state index contributed by atoms with van der Waals surface area (Å²) in [5.74, 6) is 0.611. The predicted octanol–water partition coefficient (Wildman–Crippen LogP) is 2.81. The van der Waals surface area contributed by atoms with Gasteiger partial charge in [0.15, 0.2) is 11.5 Å². The zero-order valence-corrected chi connectivity index (χ0v) is 11.5. The first-order chi connectivity index (χ1) is 8.20. The Balaban J connectivity index is 2.20. The topological polar surface area (TPSA) is 52.8 Å². The minimum atomic E-state index is 0.352. The van der Waals surface area contributed by atoms with E-state index in [2.05, 4.69) is 32.0 Å². The third-order valence-electron chi connectivity index (χ3n) is 2.16. The third kappa shape index (κ3) is 2.81. The van der Waals surface area contributed by atoms with Crippen molar-refractivity contribution in [2.75, 3.05) is 11.9 Å². The van der Waals surface area contributed by atoms with E-state index in [4.69, 9.17) is 5.26 Å². The summed E-state index contributed by atoms with van der Waals surface area (Å²) in [6, 6.07) is 4.11. The predicted molar refractivity (Wildman–Crippen MR) is 70.9 cm³/mol. The Morgan fingerprint density at radius 1 is 1.47 bits per heavy atom. The molecule has 0 N–H and O–H groups in total. The number of thiophene rings is 1. The number of nitriles is 1. The largest absolute Gasteiger partial charge is 0.352 e. The lowest BCUT2D eigenvalue weighted by Gasteiger charge is -2.17. The molecule has 2 rings (SSSR count). The molecule has 2 heterocycles. The van der Waals surface area contributed by atoms with Gasteiger partial charge in [0.2, 0.25) is 0 Å². The number of hydrogen-bond donors (Lipinski definition) is 0. The molecule has 0 spiro atoms. The number of halogens is 1. The second-order valence-corrected chi connectivity index (χ2v) is 5.34. The van der Waals surface area contributed by atoms with E-state index >= 15 is 0 Å². The molecule has 6 heteroatoms. The molecule has 0 atom stereocenters. The lowest BCUT2D eigenvalue weighted by molar-refractivity contribution is 0.898. The van der Waals surface area contributed by atoms with Crippen molar-refractivity contribution in [2.24, 2.45) is 0 Å². The number of aromatic nitrogens is 2. The molecule has 4 nitrogen and oxygen atoms in total. The van der Waals surface area contributed by atoms with Crippen LogP contribution in [0.1, 0.15) is 10.6 Å². The Labute approximate surface area is 112 Å². The molecule has 86 valence electrons. The van der Waals surface area contributed by atoms with Gasteiger partial charge < -0.3 is 4.90 Å². The van der Waals surface area contributed by atoms with E-state index in [0.29, 0.717) is 18.1 Å². The van der Waals surface area contributed by atoms with E-state index in [1.165, 1.54) is 11.1 Å². The minimum Gasteiger partial charge on any atom is -0.352 e. The highest BCUT2D eigenvalue weighted by molar-refractivity contribution is 9.10. The van der Waals surface area contributed by atoms with Gasteiger partial charge in [-0.15, -0.1) is 11.3 Å². The van der Waals surface area contributed by atoms with Crippen molar-refractivity contribution in [3.05, 3.63) is 38.9 Å². The first-order valence-electron chi connectivity index (χ1n) is 4.86. The quantitative estimate of drug-likeness (QED) is 0.875. The molecule has 17 heavy (non-hydrogen) atoms. The summed E-state index contributed by atoms with van der Waals surface area (Å²) < 4.78 is 1.07. The molecule has 0 saturated heterocycles. The highest BCUT2D eigenvalue weighted by Crippen LogP contribution is 2.23. The molecule has 0 aliphatic rings. The van der Waals surface area contributed by atoms with Crippen LogP contribution in [0.15, 0.2) is 28.3 Å². The van der Waals surface area contributed by atoms with Gasteiger partial charge in [0.05, 0.1) is 6.54 Å². The van der Waals surface area contributed by atoms with Crippen LogP contribution in [0.2, 0.25) is 0 Å². The smallest absolute Gasteiger partial charge is 0.183 e. The van der Waals surface area contributed by atoms with Crippen LogP contribution in [0.5, 0.6) is 0 Å². The van der Waals surface area contributed by atoms with Crippen LogP contribution in [0.4, 0.5) is 5.82 Å². The number of hydrogen-bond acceptors (Lipinski definition) is 5. The summed E-state index contributed by atoms with van der Waals surface area (Å²) in [6.07, 6.45) is 3.12. The molecular formula is C11H9BrN4S. The summed E-state index contributed by atoms with van der Waals surface area (Å²) in [4.78, 5) is 11.3. The van der Waals surface area contributed by atoms with Crippen molar-refractivity contribution in [3.8, 4) is 6.07 Å². The fraction of sp³-hybridized carbons (Fsp3) is 0.182. The van der Waals surface area contributed by atoms with Gasteiger partial charge in [-0.05, 0) is 22.0 Å². The van der Waals surface area contributed by atoms with Crippen LogP contribution < -0.4 is 4.90 Å². The molecule has 2 aromatic rings. The Kier molecular flexibility index (Phi) is 3.71. The highest BCUT2D eigenvalue weighted by Gasteiger charge is 2.10. The number of nitrogens with zero attached hydrogens (tertiary/aromatic N) is 4. The van der Waals surface area contributed by atoms with Crippen molar-refractivity contribution in [1.29, 1.82) is 5.26 Å². The van der Waals surface area contributed by atoms with Gasteiger partial charge in [-0.2, -0.15) is 5.26 Å². The normalized spacial score (nSPS) is 9.94. The second kappa shape index (κ2) is 5.25. The summed E-state index contributed by atoms with van der Waals surface area (Å²) in [5, 5.41) is 11.0. The average Bonchev–Trinajstić information content (AvgIpc) is 2.74. The molecular weight excluding hydrogens is 300 g/mol. The summed E-state index contributed by atoms with van der Waals surface area (Å²) in [6.45, 7) is 0.712. The monoisotopic (exact) mass is 308 g/mol. The molecule has 0 unspecified atom stereocenters. The van der Waals surface area contributed by atoms with Crippen LogP contribution in [0, 0.1) is 11.3 Å². The van der Waals surface area contributed by atoms with E-state index in [-0.39, 0.29) is 0 Å². The molecule has 2 aromatic heterocycles. The van der Waals surface area contributed by atoms with Gasteiger partial charge in [0, 0.05) is 34.2 Å². The Morgan fingerprint density at radius 3 is 2.88 bits per heavy atom. The van der Waals surface area contributed by atoms with Crippen molar-refractivity contribution < 1.29 is 0 Å². The summed E-state index contributed by atoms with van der Waals surface area (Å²) in [5.41, 5.74) is 0.352. The molecule has 0 fully saturated rings. The van der Waals surface area contributed by atoms with Gasteiger partial charge >= 0.3 is 0 Å². The van der Waals surface area contributed by atoms with Crippen molar-refractivity contribution >= 4 is 33.1 Å². The van der Waals surface area contributed by atoms with E-state index in [1.807, 2.05) is 23.4 Å². The lowest BCUT2D eigenvalue weighted by Crippen LogP contribution is -2.18. The van der Waals surface area contributed by atoms with Crippen LogP contribution in [0.25, 0.3) is 0 Å². The lowest BCUT2D eigenvalue weighted by atomic mass is 10.3. The van der Waals surface area contributed by atoms with E-state index in [9.17, 15) is 0 Å². The molecule has 0 amide bonds. The first-order valence-corrected chi connectivity index (χ1v) is 6.53. The molecule has 0 saturated carbocycles.